The molecule has 3 amide bonds. The molecule has 0 aliphatic carbocycles. The van der Waals surface area contributed by atoms with Crippen LogP contribution in [0.3, 0.4) is 0 Å². The average molecular weight is 606 g/mol. The van der Waals surface area contributed by atoms with E-state index in [1.807, 2.05) is 101 Å². The average Bonchev–Trinajstić information content (AvgIpc) is 3.30. The molecular weight excluding hydrogens is 562 g/mol. The molecule has 9 heteroatoms. The van der Waals surface area contributed by atoms with Crippen molar-refractivity contribution < 1.29 is 24.2 Å². The molecule has 3 atom stereocenters. The monoisotopic (exact) mass is 605 g/mol. The molecule has 230 valence electrons. The van der Waals surface area contributed by atoms with Crippen molar-refractivity contribution in [3.05, 3.63) is 102 Å². The number of carbonyl (C=O) groups is 3. The Hall–Kier alpha value is -3.82. The molecule has 1 heterocycles. The van der Waals surface area contributed by atoms with E-state index in [1.165, 1.54) is 16.7 Å². The summed E-state index contributed by atoms with van der Waals surface area (Å²) in [6.45, 7) is 13.3. The van der Waals surface area contributed by atoms with Gasteiger partial charge in [0.25, 0.3) is 11.8 Å². The first kappa shape index (κ1) is 33.7. The second kappa shape index (κ2) is 15.6. The van der Waals surface area contributed by atoms with Gasteiger partial charge in [0.1, 0.15) is 11.8 Å². The lowest BCUT2D eigenvalue weighted by atomic mass is 9.97. The molecule has 43 heavy (non-hydrogen) atoms. The zero-order valence-corrected chi connectivity index (χ0v) is 26.4. The van der Waals surface area contributed by atoms with Crippen LogP contribution in [0, 0.1) is 13.8 Å². The lowest BCUT2D eigenvalue weighted by Gasteiger charge is -2.33. The summed E-state index contributed by atoms with van der Waals surface area (Å²) < 4.78 is 5.23. The Labute approximate surface area is 259 Å². The molecule has 1 aliphatic rings. The second-order valence-electron chi connectivity index (χ2n) is 11.2. The smallest absolute Gasteiger partial charge is 0.258 e. The van der Waals surface area contributed by atoms with Crippen LogP contribution in [0.25, 0.3) is 0 Å². The number of rotatable bonds is 13. The van der Waals surface area contributed by atoms with E-state index >= 15 is 0 Å². The van der Waals surface area contributed by atoms with Crippen LogP contribution in [0.1, 0.15) is 37.5 Å². The van der Waals surface area contributed by atoms with Crippen LogP contribution < -0.4 is 15.4 Å². The molecule has 3 N–H and O–H groups in total. The highest BCUT2D eigenvalue weighted by Gasteiger charge is 2.49. The number of allylic oxidation sites excluding steroid dienone is 4. The Kier molecular flexibility index (Phi) is 12.2. The maximum Gasteiger partial charge on any atom is 0.258 e. The summed E-state index contributed by atoms with van der Waals surface area (Å²) in [5, 5.41) is 17.1. The third kappa shape index (κ3) is 9.33. The van der Waals surface area contributed by atoms with Gasteiger partial charge < -0.3 is 25.4 Å². The van der Waals surface area contributed by atoms with Gasteiger partial charge in [0.15, 0.2) is 12.7 Å². The molecule has 0 aromatic heterocycles. The van der Waals surface area contributed by atoms with Crippen molar-refractivity contribution in [2.75, 3.05) is 19.0 Å². The number of hydrogen-bond acceptors (Lipinski definition) is 6. The van der Waals surface area contributed by atoms with E-state index in [1.54, 1.807) is 6.08 Å². The van der Waals surface area contributed by atoms with Crippen LogP contribution in [-0.2, 0) is 20.8 Å². The number of benzene rings is 2. The van der Waals surface area contributed by atoms with Crippen LogP contribution >= 0.6 is 11.8 Å². The zero-order valence-electron chi connectivity index (χ0n) is 25.6. The first-order valence-electron chi connectivity index (χ1n) is 14.3. The summed E-state index contributed by atoms with van der Waals surface area (Å²) in [6.07, 6.45) is 5.90. The minimum atomic E-state index is -1.58. The molecule has 1 fully saturated rings. The molecule has 2 aromatic rings. The van der Waals surface area contributed by atoms with Crippen LogP contribution in [0.4, 0.5) is 0 Å². The van der Waals surface area contributed by atoms with E-state index in [2.05, 4.69) is 17.2 Å². The lowest BCUT2D eigenvalue weighted by Crippen LogP contribution is -2.59. The molecular formula is C34H43N3O5S. The molecule has 1 aliphatic heterocycles. The number of nitrogens with zero attached hydrogens (tertiary/aromatic N) is 1. The summed E-state index contributed by atoms with van der Waals surface area (Å²) in [6, 6.07) is 13.3. The molecule has 0 saturated carbocycles. The largest absolute Gasteiger partial charge is 0.483 e. The fourth-order valence-corrected chi connectivity index (χ4v) is 6.03. The van der Waals surface area contributed by atoms with Gasteiger partial charge >= 0.3 is 0 Å². The topological polar surface area (TPSA) is 108 Å². The van der Waals surface area contributed by atoms with Crippen LogP contribution in [0.5, 0.6) is 5.75 Å². The highest BCUT2D eigenvalue weighted by Crippen LogP contribution is 2.39. The lowest BCUT2D eigenvalue weighted by molar-refractivity contribution is -0.147. The summed E-state index contributed by atoms with van der Waals surface area (Å²) >= 11 is 1.47. The van der Waals surface area contributed by atoms with Gasteiger partial charge in [0.05, 0.1) is 11.9 Å². The molecule has 0 radical (unpaired) electrons. The van der Waals surface area contributed by atoms with Crippen molar-refractivity contribution in [3.63, 3.8) is 0 Å². The molecule has 0 bridgehead atoms. The van der Waals surface area contributed by atoms with Gasteiger partial charge in [-0.3, -0.25) is 14.4 Å². The van der Waals surface area contributed by atoms with Crippen LogP contribution in [0.15, 0.2) is 85.0 Å². The van der Waals surface area contributed by atoms with Crippen molar-refractivity contribution in [1.29, 1.82) is 0 Å². The third-order valence-electron chi connectivity index (χ3n) is 7.32. The van der Waals surface area contributed by atoms with Gasteiger partial charge in [-0.25, -0.2) is 0 Å². The van der Waals surface area contributed by atoms with E-state index in [9.17, 15) is 19.5 Å². The van der Waals surface area contributed by atoms with Crippen molar-refractivity contribution in [2.45, 2.75) is 64.0 Å². The number of nitrogens with one attached hydrogen (secondary N) is 2. The van der Waals surface area contributed by atoms with Gasteiger partial charge in [-0.15, -0.1) is 11.8 Å². The third-order valence-corrected chi connectivity index (χ3v) is 8.70. The van der Waals surface area contributed by atoms with Crippen molar-refractivity contribution in [2.24, 2.45) is 0 Å². The fraction of sp³-hybridized carbons (Fsp3) is 0.382. The second-order valence-corrected chi connectivity index (χ2v) is 12.8. The Morgan fingerprint density at radius 2 is 1.81 bits per heavy atom. The first-order valence-corrected chi connectivity index (χ1v) is 15.3. The number of amides is 3. The van der Waals surface area contributed by atoms with E-state index in [0.29, 0.717) is 5.75 Å². The van der Waals surface area contributed by atoms with Crippen LogP contribution in [-0.4, -0.2) is 69.7 Å². The van der Waals surface area contributed by atoms with E-state index < -0.39 is 34.7 Å². The number of thioether (sulfide) groups is 1. The highest BCUT2D eigenvalue weighted by atomic mass is 32.2. The maximum atomic E-state index is 13.8. The van der Waals surface area contributed by atoms with Gasteiger partial charge in [-0.1, -0.05) is 85.0 Å². The fourth-order valence-electron chi connectivity index (χ4n) is 4.89. The molecule has 0 unspecified atom stereocenters. The number of para-hydroxylation sites is 1. The standard InChI is InChI=1S/C34H43N3O5S/c1-7-23(2)14-11-12-19-35-32(40)31-34(5,6)43-22-37(31)33(41)29(39)27(20-26-17-9-8-10-18-26)36-28(38)21-42-30-24(3)15-13-16-25(30)4/h7-18,27,29,31,39H,1,19-22H2,2-6H3,(H,35,40)(H,36,38)/b12-11+,23-14-/t27-,29-,31+/m0/s1. The molecule has 1 saturated heterocycles. The summed E-state index contributed by atoms with van der Waals surface area (Å²) in [5.41, 5.74) is 3.64. The normalized spacial score (nSPS) is 17.8. The van der Waals surface area contributed by atoms with Crippen molar-refractivity contribution in [3.8, 4) is 5.75 Å². The number of carbonyl (C=O) groups excluding carboxylic acids is 3. The summed E-state index contributed by atoms with van der Waals surface area (Å²) in [4.78, 5) is 41.5. The predicted molar refractivity (Wildman–Crippen MR) is 173 cm³/mol. The summed E-state index contributed by atoms with van der Waals surface area (Å²) in [7, 11) is 0. The van der Waals surface area contributed by atoms with Gasteiger partial charge in [0, 0.05) is 11.3 Å². The van der Waals surface area contributed by atoms with Crippen molar-refractivity contribution in [1.82, 2.24) is 15.5 Å². The maximum absolute atomic E-state index is 13.8. The van der Waals surface area contributed by atoms with Gasteiger partial charge in [0.2, 0.25) is 5.91 Å². The number of ether oxygens (including phenoxy) is 1. The molecule has 8 nitrogen and oxygen atoms in total. The van der Waals surface area contributed by atoms with E-state index in [4.69, 9.17) is 4.74 Å². The van der Waals surface area contributed by atoms with Crippen molar-refractivity contribution >= 4 is 29.5 Å². The first-order chi connectivity index (χ1) is 20.4. The molecule has 2 aromatic carbocycles. The highest BCUT2D eigenvalue weighted by molar-refractivity contribution is 8.00. The minimum Gasteiger partial charge on any atom is -0.483 e. The summed E-state index contributed by atoms with van der Waals surface area (Å²) in [5.74, 6) is -0.528. The number of aliphatic hydroxyl groups excluding tert-OH is 1. The quantitative estimate of drug-likeness (QED) is 0.295. The van der Waals surface area contributed by atoms with E-state index in [-0.39, 0.29) is 31.4 Å². The van der Waals surface area contributed by atoms with Gasteiger partial charge in [-0.2, -0.15) is 0 Å². The Morgan fingerprint density at radius 3 is 2.47 bits per heavy atom. The predicted octanol–water partition coefficient (Wildman–Crippen LogP) is 4.26. The number of hydrogen-bond donors (Lipinski definition) is 3. The van der Waals surface area contributed by atoms with Gasteiger partial charge in [-0.05, 0) is 57.7 Å². The Bertz CT molecular complexity index is 1330. The SMILES string of the molecule is C=C/C(C)=C\C=C\CNC(=O)[C@H]1N(C(=O)[C@@H](O)[C@H](Cc2ccccc2)NC(=O)COc2c(C)cccc2C)CSC1(C)C. The van der Waals surface area contributed by atoms with E-state index in [0.717, 1.165) is 22.3 Å². The minimum absolute atomic E-state index is 0.215. The molecule has 3 rings (SSSR count). The Morgan fingerprint density at radius 1 is 1.14 bits per heavy atom. The number of aliphatic hydroxyl groups is 1. The number of aryl methyl sites for hydroxylation is 2. The van der Waals surface area contributed by atoms with Crippen LogP contribution in [0.2, 0.25) is 0 Å². The Balaban J connectivity index is 1.75. The zero-order chi connectivity index (χ0) is 31.6. The molecule has 0 spiro atoms.